The summed E-state index contributed by atoms with van der Waals surface area (Å²) in [7, 11) is 1.20. The summed E-state index contributed by atoms with van der Waals surface area (Å²) in [6, 6.07) is 3.16. The van der Waals surface area contributed by atoms with Gasteiger partial charge in [-0.2, -0.15) is 0 Å². The Hall–Kier alpha value is -0.860. The number of piperidine rings is 1. The fourth-order valence-corrected chi connectivity index (χ4v) is 6.13. The Labute approximate surface area is 177 Å². The average molecular weight is 448 g/mol. The van der Waals surface area contributed by atoms with Gasteiger partial charge in [0, 0.05) is 32.7 Å². The minimum Gasteiger partial charge on any atom is -0.349 e. The summed E-state index contributed by atoms with van der Waals surface area (Å²) in [6.07, 6.45) is 5.52. The smallest absolute Gasteiger partial charge is 0.253 e. The Morgan fingerprint density at radius 2 is 1.82 bits per heavy atom. The fourth-order valence-electron chi connectivity index (χ4n) is 4.40. The third-order valence-electron chi connectivity index (χ3n) is 6.00. The largest absolute Gasteiger partial charge is 0.349 e. The number of hydrogen-bond acceptors (Lipinski definition) is 4. The third-order valence-corrected chi connectivity index (χ3v) is 8.59. The molecular weight excluding hydrogens is 421 g/mol. The van der Waals surface area contributed by atoms with Crippen LogP contribution < -0.4 is 5.32 Å². The lowest BCUT2D eigenvalue weighted by molar-refractivity contribution is 0.0505. The summed E-state index contributed by atoms with van der Waals surface area (Å²) >= 11 is 12.3. The number of rotatable bonds is 4. The molecule has 0 aromatic heterocycles. The van der Waals surface area contributed by atoms with E-state index in [1.807, 2.05) is 0 Å². The van der Waals surface area contributed by atoms with Gasteiger partial charge in [-0.1, -0.05) is 36.0 Å². The van der Waals surface area contributed by atoms with Gasteiger partial charge < -0.3 is 10.2 Å². The molecule has 1 saturated heterocycles. The molecule has 1 saturated carbocycles. The number of fused-ring (bicyclic) bond motifs is 1. The molecule has 1 aliphatic heterocycles. The summed E-state index contributed by atoms with van der Waals surface area (Å²) in [4.78, 5) is 15.3. The van der Waals surface area contributed by atoms with Gasteiger partial charge in [-0.05, 0) is 44.4 Å². The quantitative estimate of drug-likeness (QED) is 0.768. The van der Waals surface area contributed by atoms with Crippen LogP contribution in [0.15, 0.2) is 17.0 Å². The molecule has 1 aromatic rings. The van der Waals surface area contributed by atoms with E-state index in [0.29, 0.717) is 12.0 Å². The first-order chi connectivity index (χ1) is 13.1. The van der Waals surface area contributed by atoms with Crippen LogP contribution in [0, 0.1) is 5.92 Å². The molecule has 28 heavy (non-hydrogen) atoms. The number of hydrogen-bond donors (Lipinski definition) is 1. The molecule has 0 spiro atoms. The van der Waals surface area contributed by atoms with Crippen LogP contribution in [-0.4, -0.2) is 63.3 Å². The van der Waals surface area contributed by atoms with Crippen LogP contribution in [-0.2, 0) is 10.0 Å². The topological polar surface area (TPSA) is 69.7 Å². The molecule has 0 bridgehead atoms. The maximum atomic E-state index is 13.0. The van der Waals surface area contributed by atoms with E-state index in [9.17, 15) is 13.2 Å². The van der Waals surface area contributed by atoms with E-state index in [-0.39, 0.29) is 32.5 Å². The zero-order valence-electron chi connectivity index (χ0n) is 16.4. The number of nitrogens with one attached hydrogen (secondary N) is 1. The first-order valence-electron chi connectivity index (χ1n) is 9.55. The van der Waals surface area contributed by atoms with Crippen LogP contribution in [0.2, 0.25) is 10.0 Å². The molecule has 3 atom stereocenters. The van der Waals surface area contributed by atoms with Crippen molar-refractivity contribution in [3.8, 4) is 0 Å². The molecule has 1 aliphatic carbocycles. The summed E-state index contributed by atoms with van der Waals surface area (Å²) in [5.74, 6) is 0.0586. The minimum atomic E-state index is -3.78. The molecule has 1 aromatic carbocycles. The SMILES string of the molecule is CN1CC[C@H](NC(=O)c2cc(S(=O)(=O)N(C)C)c(Cl)cc2Cl)[C@@H]2CCCC[C@@H]21. The highest BCUT2D eigenvalue weighted by Gasteiger charge is 2.38. The maximum Gasteiger partial charge on any atom is 0.253 e. The summed E-state index contributed by atoms with van der Waals surface area (Å²) < 4.78 is 26.1. The number of carbonyl (C=O) groups is 1. The highest BCUT2D eigenvalue weighted by Crippen LogP contribution is 2.35. The van der Waals surface area contributed by atoms with Gasteiger partial charge in [0.05, 0.1) is 15.6 Å². The number of carbonyl (C=O) groups excluding carboxylic acids is 1. The number of benzene rings is 1. The van der Waals surface area contributed by atoms with Gasteiger partial charge in [0.1, 0.15) is 4.90 Å². The van der Waals surface area contributed by atoms with Crippen LogP contribution in [0.25, 0.3) is 0 Å². The summed E-state index contributed by atoms with van der Waals surface area (Å²) in [5.41, 5.74) is 0.137. The van der Waals surface area contributed by atoms with Gasteiger partial charge in [-0.3, -0.25) is 4.79 Å². The van der Waals surface area contributed by atoms with Crippen LogP contribution in [0.1, 0.15) is 42.5 Å². The second kappa shape index (κ2) is 8.48. The van der Waals surface area contributed by atoms with Gasteiger partial charge in [-0.15, -0.1) is 0 Å². The molecule has 2 fully saturated rings. The predicted octanol–water partition coefficient (Wildman–Crippen LogP) is 3.24. The second-order valence-corrected chi connectivity index (χ2v) is 10.8. The Bertz CT molecular complexity index is 860. The average Bonchev–Trinajstić information content (AvgIpc) is 2.63. The lowest BCUT2D eigenvalue weighted by atomic mass is 9.75. The van der Waals surface area contributed by atoms with Crippen molar-refractivity contribution in [3.63, 3.8) is 0 Å². The number of likely N-dealkylation sites (tertiary alicyclic amines) is 1. The van der Waals surface area contributed by atoms with E-state index < -0.39 is 10.0 Å². The third kappa shape index (κ3) is 4.19. The number of amides is 1. The molecule has 1 heterocycles. The van der Waals surface area contributed by atoms with Gasteiger partial charge in [0.2, 0.25) is 10.0 Å². The molecule has 0 radical (unpaired) electrons. The number of sulfonamides is 1. The Balaban J connectivity index is 1.86. The number of nitrogens with zero attached hydrogens (tertiary/aromatic N) is 2. The molecular formula is C19H27Cl2N3O3S. The van der Waals surface area contributed by atoms with Gasteiger partial charge in [0.25, 0.3) is 5.91 Å². The van der Waals surface area contributed by atoms with E-state index in [1.54, 1.807) is 0 Å². The van der Waals surface area contributed by atoms with Gasteiger partial charge in [0.15, 0.2) is 0 Å². The molecule has 3 rings (SSSR count). The van der Waals surface area contributed by atoms with Crippen LogP contribution in [0.4, 0.5) is 0 Å². The molecule has 1 N–H and O–H groups in total. The first kappa shape index (κ1) is 21.8. The normalized spacial score (nSPS) is 26.1. The van der Waals surface area contributed by atoms with Crippen molar-refractivity contribution < 1.29 is 13.2 Å². The van der Waals surface area contributed by atoms with Crippen molar-refractivity contribution in [2.75, 3.05) is 27.7 Å². The summed E-state index contributed by atoms with van der Waals surface area (Å²) in [5, 5.41) is 3.27. The van der Waals surface area contributed by atoms with Gasteiger partial charge >= 0.3 is 0 Å². The predicted molar refractivity (Wildman–Crippen MR) is 112 cm³/mol. The van der Waals surface area contributed by atoms with E-state index in [0.717, 1.165) is 30.1 Å². The van der Waals surface area contributed by atoms with Crippen molar-refractivity contribution in [2.45, 2.75) is 49.1 Å². The van der Waals surface area contributed by atoms with Crippen molar-refractivity contribution in [2.24, 2.45) is 5.92 Å². The summed E-state index contributed by atoms with van der Waals surface area (Å²) in [6.45, 7) is 0.931. The molecule has 9 heteroatoms. The molecule has 6 nitrogen and oxygen atoms in total. The Kier molecular flexibility index (Phi) is 6.61. The Morgan fingerprint density at radius 1 is 1.14 bits per heavy atom. The van der Waals surface area contributed by atoms with Crippen LogP contribution in [0.3, 0.4) is 0 Å². The van der Waals surface area contributed by atoms with Crippen LogP contribution >= 0.6 is 23.2 Å². The first-order valence-corrected chi connectivity index (χ1v) is 11.7. The number of halogens is 2. The second-order valence-electron chi connectivity index (χ2n) is 7.91. The molecule has 2 aliphatic rings. The van der Waals surface area contributed by atoms with Crippen molar-refractivity contribution in [1.82, 2.24) is 14.5 Å². The highest BCUT2D eigenvalue weighted by molar-refractivity contribution is 7.89. The van der Waals surface area contributed by atoms with Crippen LogP contribution in [0.5, 0.6) is 0 Å². The maximum absolute atomic E-state index is 13.0. The van der Waals surface area contributed by atoms with Crippen molar-refractivity contribution in [1.29, 1.82) is 0 Å². The minimum absolute atomic E-state index is 0.00175. The van der Waals surface area contributed by atoms with Crippen molar-refractivity contribution >= 4 is 39.1 Å². The van der Waals surface area contributed by atoms with Gasteiger partial charge in [-0.25, -0.2) is 12.7 Å². The fraction of sp³-hybridized carbons (Fsp3) is 0.632. The molecule has 0 unspecified atom stereocenters. The molecule has 156 valence electrons. The van der Waals surface area contributed by atoms with E-state index in [2.05, 4.69) is 17.3 Å². The van der Waals surface area contributed by atoms with E-state index >= 15 is 0 Å². The van der Waals surface area contributed by atoms with Crippen molar-refractivity contribution in [3.05, 3.63) is 27.7 Å². The Morgan fingerprint density at radius 3 is 2.50 bits per heavy atom. The monoisotopic (exact) mass is 447 g/mol. The lowest BCUT2D eigenvalue weighted by Crippen LogP contribution is -2.56. The zero-order valence-corrected chi connectivity index (χ0v) is 18.7. The molecule has 1 amide bonds. The standard InChI is InChI=1S/C19H27Cl2N3O3S/c1-23(2)28(26,27)18-10-13(14(20)11-15(18)21)19(25)22-16-8-9-24(3)17-7-5-4-6-12(16)17/h10-12,16-17H,4-9H2,1-3H3,(H,22,25)/t12-,16-,17-/m0/s1. The highest BCUT2D eigenvalue weighted by atomic mass is 35.5. The van der Waals surface area contributed by atoms with E-state index in [1.165, 1.54) is 39.1 Å². The van der Waals surface area contributed by atoms with E-state index in [4.69, 9.17) is 23.2 Å². The lowest BCUT2D eigenvalue weighted by Gasteiger charge is -2.46. The zero-order chi connectivity index (χ0) is 20.6.